The maximum absolute atomic E-state index is 12.6. The topological polar surface area (TPSA) is 206 Å². The first-order valence-corrected chi connectivity index (χ1v) is 22.5. The molecule has 1 saturated carbocycles. The van der Waals surface area contributed by atoms with Crippen LogP contribution in [0, 0.1) is 11.8 Å². The second kappa shape index (κ2) is 32.7. The number of Topliss-reactive ketones (excluding diaryl/α,β-unsaturated/α-hetero) is 1. The lowest BCUT2D eigenvalue weighted by atomic mass is 9.90. The molecule has 1 rings (SSSR count). The summed E-state index contributed by atoms with van der Waals surface area (Å²) >= 11 is 0. The largest absolute Gasteiger partial charge is 0.472 e. The zero-order valence-electron chi connectivity index (χ0n) is 34.1. The molecule has 324 valence electrons. The van der Waals surface area contributed by atoms with E-state index in [4.69, 9.17) is 19.1 Å². The van der Waals surface area contributed by atoms with E-state index in [9.17, 15) is 39.2 Å². The molecule has 13 nitrogen and oxygen atoms in total. The molecule has 7 atom stereocenters. The lowest BCUT2D eigenvalue weighted by molar-refractivity contribution is -0.161. The van der Waals surface area contributed by atoms with E-state index in [1.165, 1.54) is 25.7 Å². The van der Waals surface area contributed by atoms with E-state index in [0.717, 1.165) is 57.8 Å². The minimum absolute atomic E-state index is 0.0440. The van der Waals surface area contributed by atoms with Crippen molar-refractivity contribution in [3.8, 4) is 0 Å². The molecule has 14 heteroatoms. The highest BCUT2D eigenvalue weighted by Crippen LogP contribution is 2.43. The molecule has 56 heavy (non-hydrogen) atoms. The molecule has 0 radical (unpaired) electrons. The van der Waals surface area contributed by atoms with Crippen LogP contribution in [0.15, 0.2) is 36.5 Å². The van der Waals surface area contributed by atoms with Gasteiger partial charge in [-0.15, -0.1) is 0 Å². The third-order valence-corrected chi connectivity index (χ3v) is 10.6. The molecule has 0 amide bonds. The molecule has 0 bridgehead atoms. The number of hydrogen-bond donors (Lipinski definition) is 5. The Morgan fingerprint density at radius 2 is 1.38 bits per heavy atom. The fourth-order valence-electron chi connectivity index (χ4n) is 6.26. The zero-order valence-corrected chi connectivity index (χ0v) is 34.9. The highest BCUT2D eigenvalue weighted by atomic mass is 31.2. The first-order valence-electron chi connectivity index (χ1n) is 21.0. The Hall–Kier alpha value is -2.22. The fourth-order valence-corrected chi connectivity index (χ4v) is 7.05. The molecular weight excluding hydrogens is 743 g/mol. The zero-order chi connectivity index (χ0) is 41.4. The molecule has 0 aliphatic heterocycles. The second-order valence-corrected chi connectivity index (χ2v) is 16.2. The summed E-state index contributed by atoms with van der Waals surface area (Å²) in [6.45, 7) is 1.93. The normalized spacial score (nSPS) is 20.2. The Morgan fingerprint density at radius 1 is 0.786 bits per heavy atom. The van der Waals surface area contributed by atoms with Crippen LogP contribution in [0.3, 0.4) is 0 Å². The molecule has 1 aliphatic carbocycles. The predicted octanol–water partition coefficient (Wildman–Crippen LogP) is 7.37. The Morgan fingerprint density at radius 3 is 2.07 bits per heavy atom. The van der Waals surface area contributed by atoms with Crippen LogP contribution in [0.5, 0.6) is 0 Å². The standard InChI is InChI=1S/C42H73O13P/c1-3-5-7-8-9-10-11-12-13-14-15-16-22-26-42(49)55-36(33-54-56(50,51)53-31-35(45)30-43)32-52-41(48)25-21-18-17-20-24-37-38(40(47)29-39(37)46)28-27-34(44)23-19-6-4-2/h10-11,17,20,27-28,34-39,43-46H,3-9,12-16,18-19,21-26,29-33H2,1-2H3,(H,50,51)/b11-10-,20-17-,28-27+/t34-,35-,36+,37+,38+,39-/m0/s1. The summed E-state index contributed by atoms with van der Waals surface area (Å²) in [5.74, 6) is -1.92. The molecule has 0 heterocycles. The van der Waals surface area contributed by atoms with Crippen molar-refractivity contribution in [1.82, 2.24) is 0 Å². The number of phosphoric acid groups is 1. The predicted molar refractivity (Wildman–Crippen MR) is 215 cm³/mol. The van der Waals surface area contributed by atoms with E-state index in [1.54, 1.807) is 12.2 Å². The first kappa shape index (κ1) is 51.8. The van der Waals surface area contributed by atoms with Crippen molar-refractivity contribution in [2.75, 3.05) is 26.4 Å². The van der Waals surface area contributed by atoms with Gasteiger partial charge in [0.05, 0.1) is 32.0 Å². The van der Waals surface area contributed by atoms with Crippen molar-refractivity contribution in [2.45, 2.75) is 173 Å². The number of phosphoric ester groups is 1. The van der Waals surface area contributed by atoms with Gasteiger partial charge in [0, 0.05) is 31.1 Å². The smallest absolute Gasteiger partial charge is 0.462 e. The Kier molecular flexibility index (Phi) is 30.3. The number of aliphatic hydroxyl groups excluding tert-OH is 4. The van der Waals surface area contributed by atoms with Crippen LogP contribution in [-0.4, -0.2) is 93.9 Å². The maximum Gasteiger partial charge on any atom is 0.472 e. The van der Waals surface area contributed by atoms with E-state index in [2.05, 4.69) is 30.5 Å². The van der Waals surface area contributed by atoms with Crippen molar-refractivity contribution >= 4 is 25.5 Å². The quantitative estimate of drug-likeness (QED) is 0.0184. The lowest BCUT2D eigenvalue weighted by Crippen LogP contribution is -2.29. The van der Waals surface area contributed by atoms with Gasteiger partial charge in [0.1, 0.15) is 18.5 Å². The minimum Gasteiger partial charge on any atom is -0.462 e. The number of carbonyl (C=O) groups excluding carboxylic acids is 3. The summed E-state index contributed by atoms with van der Waals surface area (Å²) in [6.07, 6.45) is 24.8. The van der Waals surface area contributed by atoms with Crippen molar-refractivity contribution in [1.29, 1.82) is 0 Å². The van der Waals surface area contributed by atoms with Gasteiger partial charge in [-0.1, -0.05) is 108 Å². The van der Waals surface area contributed by atoms with E-state index >= 15 is 0 Å². The SMILES string of the molecule is CCCCCC/C=C\CCCCCCCC(=O)O[C@H](COC(=O)CCC/C=C\C[C@H]1[C@@H](O)CC(=O)[C@@H]1/C=C/[C@@H](O)CCCCC)COP(=O)(O)OC[C@@H](O)CO. The van der Waals surface area contributed by atoms with Gasteiger partial charge in [-0.2, -0.15) is 0 Å². The van der Waals surface area contributed by atoms with Crippen molar-refractivity contribution < 1.29 is 62.8 Å². The molecule has 1 unspecified atom stereocenters. The molecule has 0 aromatic carbocycles. The molecule has 0 aromatic rings. The van der Waals surface area contributed by atoms with Crippen LogP contribution < -0.4 is 0 Å². The molecule has 0 aromatic heterocycles. The third-order valence-electron chi connectivity index (χ3n) is 9.64. The van der Waals surface area contributed by atoms with Gasteiger partial charge in [-0.25, -0.2) is 4.57 Å². The van der Waals surface area contributed by atoms with Crippen LogP contribution in [0.1, 0.15) is 149 Å². The van der Waals surface area contributed by atoms with Gasteiger partial charge in [0.15, 0.2) is 6.10 Å². The molecule has 5 N–H and O–H groups in total. The number of allylic oxidation sites excluding steroid dienone is 5. The highest BCUT2D eigenvalue weighted by molar-refractivity contribution is 7.47. The summed E-state index contributed by atoms with van der Waals surface area (Å²) < 4.78 is 32.6. The van der Waals surface area contributed by atoms with E-state index in [-0.39, 0.29) is 31.0 Å². The maximum atomic E-state index is 12.6. The summed E-state index contributed by atoms with van der Waals surface area (Å²) in [5, 5.41) is 39.0. The number of esters is 2. The van der Waals surface area contributed by atoms with E-state index in [1.807, 2.05) is 12.2 Å². The monoisotopic (exact) mass is 816 g/mol. The molecule has 1 fully saturated rings. The lowest BCUT2D eigenvalue weighted by Gasteiger charge is -2.20. The van der Waals surface area contributed by atoms with Crippen LogP contribution in [-0.2, 0) is 37.5 Å². The van der Waals surface area contributed by atoms with Gasteiger partial charge in [0.2, 0.25) is 0 Å². The molecule has 0 saturated heterocycles. The minimum atomic E-state index is -4.68. The number of carbonyl (C=O) groups is 3. The average Bonchev–Trinajstić information content (AvgIpc) is 3.44. The molecule has 0 spiro atoms. The van der Waals surface area contributed by atoms with Crippen molar-refractivity contribution in [2.24, 2.45) is 11.8 Å². The van der Waals surface area contributed by atoms with Gasteiger partial charge < -0.3 is 34.8 Å². The molecular formula is C42H73O13P. The number of hydrogen-bond acceptors (Lipinski definition) is 12. The van der Waals surface area contributed by atoms with Crippen LogP contribution >= 0.6 is 7.82 Å². The van der Waals surface area contributed by atoms with Gasteiger partial charge in [-0.05, 0) is 57.8 Å². The number of ketones is 1. The van der Waals surface area contributed by atoms with Gasteiger partial charge in [-0.3, -0.25) is 23.4 Å². The number of ether oxygens (including phenoxy) is 2. The number of unbranched alkanes of at least 4 members (excludes halogenated alkanes) is 12. The number of aliphatic hydroxyl groups is 4. The van der Waals surface area contributed by atoms with Crippen LogP contribution in [0.2, 0.25) is 0 Å². The fraction of sp³-hybridized carbons (Fsp3) is 0.786. The summed E-state index contributed by atoms with van der Waals surface area (Å²) in [5.41, 5.74) is 0. The Labute approximate surface area is 335 Å². The average molecular weight is 817 g/mol. The van der Waals surface area contributed by atoms with E-state index < -0.39 is 76.5 Å². The van der Waals surface area contributed by atoms with Gasteiger partial charge in [0.25, 0.3) is 0 Å². The highest BCUT2D eigenvalue weighted by Gasteiger charge is 2.39. The Bertz CT molecular complexity index is 1190. The summed E-state index contributed by atoms with van der Waals surface area (Å²) in [7, 11) is -4.68. The summed E-state index contributed by atoms with van der Waals surface area (Å²) in [4.78, 5) is 47.6. The van der Waals surface area contributed by atoms with Crippen molar-refractivity contribution in [3.05, 3.63) is 36.5 Å². The third kappa shape index (κ3) is 26.7. The van der Waals surface area contributed by atoms with Crippen LogP contribution in [0.25, 0.3) is 0 Å². The van der Waals surface area contributed by atoms with Crippen molar-refractivity contribution in [3.63, 3.8) is 0 Å². The van der Waals surface area contributed by atoms with Gasteiger partial charge >= 0.3 is 19.8 Å². The summed E-state index contributed by atoms with van der Waals surface area (Å²) in [6, 6.07) is 0. The molecule has 1 aliphatic rings. The van der Waals surface area contributed by atoms with Crippen LogP contribution in [0.4, 0.5) is 0 Å². The second-order valence-electron chi connectivity index (χ2n) is 14.8. The Balaban J connectivity index is 2.51. The van der Waals surface area contributed by atoms with E-state index in [0.29, 0.717) is 32.1 Å². The number of rotatable bonds is 35. The first-order chi connectivity index (χ1) is 26.9.